The van der Waals surface area contributed by atoms with E-state index in [0.29, 0.717) is 3.92 Å². The van der Waals surface area contributed by atoms with Crippen LogP contribution < -0.4 is 0 Å². The summed E-state index contributed by atoms with van der Waals surface area (Å²) in [5.74, 6) is 0.825. The molecule has 0 saturated heterocycles. The molecule has 0 aliphatic heterocycles. The second kappa shape index (κ2) is 3.56. The molecule has 0 amide bonds. The van der Waals surface area contributed by atoms with Crippen LogP contribution in [-0.4, -0.2) is 3.92 Å². The highest BCUT2D eigenvalue weighted by Gasteiger charge is 2.22. The molecule has 0 radical (unpaired) electrons. The van der Waals surface area contributed by atoms with E-state index < -0.39 is 0 Å². The molecule has 0 nitrogen and oxygen atoms in total. The maximum absolute atomic E-state index is 4.00. The average Bonchev–Trinajstić information content (AvgIpc) is 2.63. The van der Waals surface area contributed by atoms with Crippen molar-refractivity contribution in [2.75, 3.05) is 0 Å². The van der Waals surface area contributed by atoms with E-state index in [2.05, 4.69) is 48.2 Å². The Morgan fingerprint density at radius 1 is 1.70 bits per heavy atom. The predicted octanol–water partition coefficient (Wildman–Crippen LogP) is 3.33. The monoisotopic (exact) mass is 248 g/mol. The highest BCUT2D eigenvalue weighted by molar-refractivity contribution is 14.1. The minimum absolute atomic E-state index is 0.632. The van der Waals surface area contributed by atoms with Gasteiger partial charge in [-0.05, 0) is 25.7 Å². The van der Waals surface area contributed by atoms with Crippen LogP contribution in [0, 0.1) is 5.92 Å². The third-order valence-corrected chi connectivity index (χ3v) is 2.09. The minimum atomic E-state index is 0.632. The third kappa shape index (κ3) is 2.86. The second-order valence-electron chi connectivity index (χ2n) is 2.89. The first-order valence-corrected chi connectivity index (χ1v) is 4.96. The maximum Gasteiger partial charge on any atom is 0.0264 e. The molecule has 1 rings (SSSR count). The van der Waals surface area contributed by atoms with Crippen molar-refractivity contribution in [3.63, 3.8) is 0 Å². The summed E-state index contributed by atoms with van der Waals surface area (Å²) in [6.45, 7) is 6.18. The van der Waals surface area contributed by atoms with Gasteiger partial charge in [0.15, 0.2) is 0 Å². The van der Waals surface area contributed by atoms with Crippen molar-refractivity contribution in [3.05, 3.63) is 24.3 Å². The smallest absolute Gasteiger partial charge is 0.0264 e. The largest absolute Gasteiger partial charge is 0.0956 e. The molecule has 0 N–H and O–H groups in total. The zero-order valence-corrected chi connectivity index (χ0v) is 8.47. The van der Waals surface area contributed by atoms with Crippen LogP contribution in [0.15, 0.2) is 24.3 Å². The zero-order valence-electron chi connectivity index (χ0n) is 6.31. The van der Waals surface area contributed by atoms with Gasteiger partial charge in [0.25, 0.3) is 0 Å². The Morgan fingerprint density at radius 3 is 2.70 bits per heavy atom. The fourth-order valence-electron chi connectivity index (χ4n) is 0.846. The number of halogens is 1. The molecule has 0 aromatic carbocycles. The lowest BCUT2D eigenvalue weighted by Crippen LogP contribution is -1.82. The van der Waals surface area contributed by atoms with Gasteiger partial charge in [-0.2, -0.15) is 0 Å². The molecule has 1 saturated carbocycles. The van der Waals surface area contributed by atoms with Crippen LogP contribution in [-0.2, 0) is 0 Å². The number of rotatable bonds is 3. The molecule has 0 aromatic heterocycles. The van der Waals surface area contributed by atoms with Crippen LogP contribution in [0.5, 0.6) is 0 Å². The van der Waals surface area contributed by atoms with Crippen molar-refractivity contribution in [1.82, 2.24) is 0 Å². The zero-order chi connectivity index (χ0) is 7.56. The lowest BCUT2D eigenvalue weighted by molar-refractivity contribution is 1.05. The van der Waals surface area contributed by atoms with Crippen LogP contribution >= 0.6 is 22.6 Å². The molecule has 1 aliphatic carbocycles. The molecule has 0 aromatic rings. The Bertz CT molecular complexity index is 152. The maximum atomic E-state index is 4.00. The summed E-state index contributed by atoms with van der Waals surface area (Å²) in [4.78, 5) is 0. The van der Waals surface area contributed by atoms with Gasteiger partial charge in [0.2, 0.25) is 0 Å². The van der Waals surface area contributed by atoms with Crippen molar-refractivity contribution in [1.29, 1.82) is 0 Å². The molecule has 1 aliphatic rings. The van der Waals surface area contributed by atoms with Crippen molar-refractivity contribution in [2.24, 2.45) is 5.92 Å². The first-order chi connectivity index (χ1) is 4.70. The van der Waals surface area contributed by atoms with Gasteiger partial charge in [-0.25, -0.2) is 0 Å². The quantitative estimate of drug-likeness (QED) is 0.408. The molecule has 1 heteroatoms. The average molecular weight is 248 g/mol. The molecule has 1 fully saturated rings. The van der Waals surface area contributed by atoms with Gasteiger partial charge < -0.3 is 0 Å². The summed E-state index contributed by atoms with van der Waals surface area (Å²) in [6.07, 6.45) is 7.10. The fraction of sp³-hybridized carbons (Fsp3) is 0.556. The topological polar surface area (TPSA) is 0 Å². The molecule has 1 atom stereocenters. The summed E-state index contributed by atoms with van der Waals surface area (Å²) < 4.78 is 0.632. The Kier molecular flexibility index (Phi) is 2.96. The molecular formula is C9H13I. The number of allylic oxidation sites excluding steroid dienone is 3. The van der Waals surface area contributed by atoms with Crippen LogP contribution in [0.2, 0.25) is 0 Å². The molecule has 56 valence electrons. The third-order valence-electron chi connectivity index (χ3n) is 1.68. The van der Waals surface area contributed by atoms with Gasteiger partial charge in [0.05, 0.1) is 0 Å². The number of alkyl halides is 1. The molecule has 0 heterocycles. The normalized spacial score (nSPS) is 21.4. The van der Waals surface area contributed by atoms with E-state index in [1.807, 2.05) is 0 Å². The minimum Gasteiger partial charge on any atom is -0.0956 e. The van der Waals surface area contributed by atoms with E-state index in [0.717, 1.165) is 5.92 Å². The molecule has 10 heavy (non-hydrogen) atoms. The van der Waals surface area contributed by atoms with E-state index >= 15 is 0 Å². The summed E-state index contributed by atoms with van der Waals surface area (Å²) in [7, 11) is 0. The van der Waals surface area contributed by atoms with Gasteiger partial charge in [-0.3, -0.25) is 0 Å². The summed E-state index contributed by atoms with van der Waals surface area (Å²) in [5.41, 5.74) is 1.32. The van der Waals surface area contributed by atoms with E-state index in [4.69, 9.17) is 0 Å². The first kappa shape index (κ1) is 8.31. The Balaban J connectivity index is 2.29. The molecule has 0 spiro atoms. The van der Waals surface area contributed by atoms with Crippen molar-refractivity contribution in [3.8, 4) is 0 Å². The lowest BCUT2D eigenvalue weighted by atomic mass is 10.2. The van der Waals surface area contributed by atoms with Crippen molar-refractivity contribution >= 4 is 22.6 Å². The molecule has 1 unspecified atom stereocenters. The number of hydrogen-bond acceptors (Lipinski definition) is 0. The Hall–Kier alpha value is 0.210. The fourth-order valence-corrected chi connectivity index (χ4v) is 1.05. The predicted molar refractivity (Wildman–Crippen MR) is 54.5 cm³/mol. The van der Waals surface area contributed by atoms with Crippen LogP contribution in [0.25, 0.3) is 0 Å². The number of hydrogen-bond donors (Lipinski definition) is 0. The molecule has 0 bridgehead atoms. The Labute approximate surface area is 76.5 Å². The SMILES string of the molecule is C=C(/C=C\C(C)I)C1CC1. The van der Waals surface area contributed by atoms with Gasteiger partial charge >= 0.3 is 0 Å². The second-order valence-corrected chi connectivity index (χ2v) is 4.85. The molecular weight excluding hydrogens is 235 g/mol. The van der Waals surface area contributed by atoms with E-state index in [1.54, 1.807) is 0 Å². The first-order valence-electron chi connectivity index (χ1n) is 3.71. The van der Waals surface area contributed by atoms with Crippen molar-refractivity contribution < 1.29 is 0 Å². The van der Waals surface area contributed by atoms with Crippen LogP contribution in [0.1, 0.15) is 19.8 Å². The van der Waals surface area contributed by atoms with Gasteiger partial charge in [-0.15, -0.1) is 0 Å². The highest BCUT2D eigenvalue weighted by Crippen LogP contribution is 2.36. The van der Waals surface area contributed by atoms with Crippen molar-refractivity contribution in [2.45, 2.75) is 23.7 Å². The van der Waals surface area contributed by atoms with Crippen LogP contribution in [0.3, 0.4) is 0 Å². The van der Waals surface area contributed by atoms with Gasteiger partial charge in [-0.1, -0.05) is 46.9 Å². The summed E-state index contributed by atoms with van der Waals surface area (Å²) in [5, 5.41) is 0. The lowest BCUT2D eigenvalue weighted by Gasteiger charge is -1.94. The van der Waals surface area contributed by atoms with Gasteiger partial charge in [0.1, 0.15) is 0 Å². The summed E-state index contributed by atoms with van der Waals surface area (Å²) in [6, 6.07) is 0. The standard InChI is InChI=1S/C9H13I/c1-7(9-5-6-9)3-4-8(2)10/h3-4,8-9H,1,5-6H2,2H3/b4-3-. The van der Waals surface area contributed by atoms with E-state index in [9.17, 15) is 0 Å². The summed E-state index contributed by atoms with van der Waals surface area (Å²) >= 11 is 2.39. The van der Waals surface area contributed by atoms with Gasteiger partial charge in [0, 0.05) is 3.92 Å². The highest BCUT2D eigenvalue weighted by atomic mass is 127. The van der Waals surface area contributed by atoms with E-state index in [-0.39, 0.29) is 0 Å². The van der Waals surface area contributed by atoms with Crippen LogP contribution in [0.4, 0.5) is 0 Å². The Morgan fingerprint density at radius 2 is 2.30 bits per heavy atom. The van der Waals surface area contributed by atoms with E-state index in [1.165, 1.54) is 18.4 Å².